The van der Waals surface area contributed by atoms with Crippen LogP contribution in [0.4, 0.5) is 5.69 Å². The third-order valence-corrected chi connectivity index (χ3v) is 4.49. The minimum Gasteiger partial charge on any atom is -0.467 e. The lowest BCUT2D eigenvalue weighted by atomic mass is 10.2. The zero-order valence-corrected chi connectivity index (χ0v) is 15.4. The number of aliphatic imine (C=N–C) groups is 1. The van der Waals surface area contributed by atoms with Gasteiger partial charge in [-0.05, 0) is 30.7 Å². The molecule has 0 unspecified atom stereocenters. The molecule has 3 rings (SSSR count). The lowest BCUT2D eigenvalue weighted by Crippen LogP contribution is -2.52. The molecule has 0 amide bonds. The number of hydrogen-bond acceptors (Lipinski definition) is 4. The Morgan fingerprint density at radius 2 is 1.92 bits per heavy atom. The van der Waals surface area contributed by atoms with E-state index in [9.17, 15) is 0 Å². The molecule has 0 aliphatic carbocycles. The van der Waals surface area contributed by atoms with E-state index in [1.807, 2.05) is 19.2 Å². The van der Waals surface area contributed by atoms with Gasteiger partial charge in [0.25, 0.3) is 0 Å². The molecule has 0 bridgehead atoms. The molecule has 1 saturated heterocycles. The molecule has 0 atom stereocenters. The van der Waals surface area contributed by atoms with Crippen molar-refractivity contribution in [1.29, 1.82) is 0 Å². The molecule has 2 heterocycles. The summed E-state index contributed by atoms with van der Waals surface area (Å²) in [5, 5.41) is 3.44. The Bertz CT molecular complexity index is 650. The Kier molecular flexibility index (Phi) is 6.96. The lowest BCUT2D eigenvalue weighted by Gasteiger charge is -2.37. The maximum atomic E-state index is 5.61. The standard InChI is InChI=1S/C20H28N4O2/c1-21-20(22-10-6-15-25-17-19-9-5-16-26-19)24-13-11-23(12-14-24)18-7-3-2-4-8-18/h2-5,7-9,16H,6,10-15,17H2,1H3,(H,21,22). The van der Waals surface area contributed by atoms with Gasteiger partial charge in [0.05, 0.1) is 6.26 Å². The Labute approximate surface area is 155 Å². The number of piperazine rings is 1. The molecule has 140 valence electrons. The van der Waals surface area contributed by atoms with Crippen LogP contribution in [0.15, 0.2) is 58.1 Å². The summed E-state index contributed by atoms with van der Waals surface area (Å²) in [5.74, 6) is 1.84. The summed E-state index contributed by atoms with van der Waals surface area (Å²) in [4.78, 5) is 9.17. The number of benzene rings is 1. The average Bonchev–Trinajstić information content (AvgIpc) is 3.22. The van der Waals surface area contributed by atoms with Gasteiger partial charge in [-0.2, -0.15) is 0 Å². The van der Waals surface area contributed by atoms with Crippen molar-refractivity contribution in [3.05, 3.63) is 54.5 Å². The number of hydrogen-bond donors (Lipinski definition) is 1. The third kappa shape index (κ3) is 5.26. The smallest absolute Gasteiger partial charge is 0.193 e. The summed E-state index contributed by atoms with van der Waals surface area (Å²) in [5.41, 5.74) is 1.30. The van der Waals surface area contributed by atoms with Gasteiger partial charge in [0.15, 0.2) is 5.96 Å². The van der Waals surface area contributed by atoms with E-state index in [1.54, 1.807) is 6.26 Å². The first-order valence-corrected chi connectivity index (χ1v) is 9.22. The van der Waals surface area contributed by atoms with Gasteiger partial charge in [0, 0.05) is 52.1 Å². The van der Waals surface area contributed by atoms with E-state index >= 15 is 0 Å². The number of furan rings is 1. The number of anilines is 1. The van der Waals surface area contributed by atoms with E-state index in [0.29, 0.717) is 13.2 Å². The van der Waals surface area contributed by atoms with Crippen LogP contribution >= 0.6 is 0 Å². The number of ether oxygens (including phenoxy) is 1. The van der Waals surface area contributed by atoms with Crippen LogP contribution in [0.5, 0.6) is 0 Å². The molecule has 6 heteroatoms. The topological polar surface area (TPSA) is 53.2 Å². The second kappa shape index (κ2) is 9.87. The number of guanidine groups is 1. The first-order valence-electron chi connectivity index (χ1n) is 9.22. The van der Waals surface area contributed by atoms with Gasteiger partial charge in [-0.3, -0.25) is 4.99 Å². The SMILES string of the molecule is CN=C(NCCCOCc1ccco1)N1CCN(c2ccccc2)CC1. The summed E-state index contributed by atoms with van der Waals surface area (Å²) in [6, 6.07) is 14.4. The molecule has 0 radical (unpaired) electrons. The van der Waals surface area contributed by atoms with E-state index in [1.165, 1.54) is 5.69 Å². The summed E-state index contributed by atoms with van der Waals surface area (Å²) in [6.45, 7) is 6.06. The third-order valence-electron chi connectivity index (χ3n) is 4.49. The van der Waals surface area contributed by atoms with Crippen molar-refractivity contribution in [3.8, 4) is 0 Å². The average molecular weight is 356 g/mol. The fourth-order valence-electron chi connectivity index (χ4n) is 3.09. The van der Waals surface area contributed by atoms with Gasteiger partial charge >= 0.3 is 0 Å². The highest BCUT2D eigenvalue weighted by Crippen LogP contribution is 2.15. The Balaban J connectivity index is 1.33. The molecule has 6 nitrogen and oxygen atoms in total. The van der Waals surface area contributed by atoms with Gasteiger partial charge in [-0.1, -0.05) is 18.2 Å². The molecular formula is C20H28N4O2. The highest BCUT2D eigenvalue weighted by molar-refractivity contribution is 5.80. The van der Waals surface area contributed by atoms with Crippen molar-refractivity contribution in [2.45, 2.75) is 13.0 Å². The maximum Gasteiger partial charge on any atom is 0.193 e. The van der Waals surface area contributed by atoms with Crippen LogP contribution in [0.3, 0.4) is 0 Å². The van der Waals surface area contributed by atoms with Gasteiger partial charge in [-0.25, -0.2) is 0 Å². The number of nitrogens with one attached hydrogen (secondary N) is 1. The molecule has 1 aliphatic rings. The van der Waals surface area contributed by atoms with Crippen molar-refractivity contribution >= 4 is 11.6 Å². The van der Waals surface area contributed by atoms with Gasteiger partial charge in [0.2, 0.25) is 0 Å². The molecular weight excluding hydrogens is 328 g/mol. The van der Waals surface area contributed by atoms with Crippen molar-refractivity contribution in [2.24, 2.45) is 4.99 Å². The van der Waals surface area contributed by atoms with Gasteiger partial charge in [-0.15, -0.1) is 0 Å². The molecule has 1 aromatic heterocycles. The van der Waals surface area contributed by atoms with E-state index in [-0.39, 0.29) is 0 Å². The molecule has 1 aliphatic heterocycles. The highest BCUT2D eigenvalue weighted by Gasteiger charge is 2.19. The molecule has 0 spiro atoms. The molecule has 26 heavy (non-hydrogen) atoms. The lowest BCUT2D eigenvalue weighted by molar-refractivity contribution is 0.104. The zero-order chi connectivity index (χ0) is 18.0. The zero-order valence-electron chi connectivity index (χ0n) is 15.4. The van der Waals surface area contributed by atoms with Crippen LogP contribution < -0.4 is 10.2 Å². The number of rotatable bonds is 7. The predicted molar refractivity (Wildman–Crippen MR) is 105 cm³/mol. The van der Waals surface area contributed by atoms with Crippen LogP contribution in [0.1, 0.15) is 12.2 Å². The first-order chi connectivity index (χ1) is 12.9. The number of nitrogens with zero attached hydrogens (tertiary/aromatic N) is 3. The first kappa shape index (κ1) is 18.3. The highest BCUT2D eigenvalue weighted by atomic mass is 16.5. The quantitative estimate of drug-likeness (QED) is 0.469. The maximum absolute atomic E-state index is 5.61. The van der Waals surface area contributed by atoms with Crippen LogP contribution in [-0.2, 0) is 11.3 Å². The Morgan fingerprint density at radius 1 is 1.12 bits per heavy atom. The molecule has 2 aromatic rings. The summed E-state index contributed by atoms with van der Waals surface area (Å²) >= 11 is 0. The fraction of sp³-hybridized carbons (Fsp3) is 0.450. The fourth-order valence-corrected chi connectivity index (χ4v) is 3.09. The molecule has 1 N–H and O–H groups in total. The van der Waals surface area contributed by atoms with Crippen LogP contribution in [0.2, 0.25) is 0 Å². The van der Waals surface area contributed by atoms with Crippen LogP contribution in [0, 0.1) is 0 Å². The van der Waals surface area contributed by atoms with Crippen LogP contribution in [-0.4, -0.2) is 57.2 Å². The van der Waals surface area contributed by atoms with Gasteiger partial charge < -0.3 is 24.3 Å². The van der Waals surface area contributed by atoms with E-state index < -0.39 is 0 Å². The summed E-state index contributed by atoms with van der Waals surface area (Å²) in [7, 11) is 1.85. The van der Waals surface area contributed by atoms with Crippen molar-refractivity contribution in [3.63, 3.8) is 0 Å². The molecule has 1 fully saturated rings. The number of para-hydroxylation sites is 1. The summed E-state index contributed by atoms with van der Waals surface area (Å²) < 4.78 is 10.9. The van der Waals surface area contributed by atoms with E-state index in [2.05, 4.69) is 50.4 Å². The Hall–Kier alpha value is -2.47. The van der Waals surface area contributed by atoms with Crippen molar-refractivity contribution in [2.75, 3.05) is 51.3 Å². The van der Waals surface area contributed by atoms with E-state index in [0.717, 1.165) is 50.9 Å². The van der Waals surface area contributed by atoms with Crippen molar-refractivity contribution < 1.29 is 9.15 Å². The minimum atomic E-state index is 0.531. The largest absolute Gasteiger partial charge is 0.467 e. The monoisotopic (exact) mass is 356 g/mol. The molecule has 1 aromatic carbocycles. The second-order valence-electron chi connectivity index (χ2n) is 6.27. The molecule has 0 saturated carbocycles. The normalized spacial score (nSPS) is 15.3. The van der Waals surface area contributed by atoms with Crippen molar-refractivity contribution in [1.82, 2.24) is 10.2 Å². The van der Waals surface area contributed by atoms with Crippen LogP contribution in [0.25, 0.3) is 0 Å². The minimum absolute atomic E-state index is 0.531. The van der Waals surface area contributed by atoms with E-state index in [4.69, 9.17) is 9.15 Å². The van der Waals surface area contributed by atoms with Gasteiger partial charge in [0.1, 0.15) is 12.4 Å². The second-order valence-corrected chi connectivity index (χ2v) is 6.27. The summed E-state index contributed by atoms with van der Waals surface area (Å²) in [6.07, 6.45) is 2.60. The Morgan fingerprint density at radius 3 is 2.62 bits per heavy atom. The predicted octanol–water partition coefficient (Wildman–Crippen LogP) is 2.58.